The third-order valence-electron chi connectivity index (χ3n) is 6.19. The van der Waals surface area contributed by atoms with E-state index in [1.165, 1.54) is 11.3 Å². The van der Waals surface area contributed by atoms with Crippen molar-refractivity contribution in [1.82, 2.24) is 9.97 Å². The highest BCUT2D eigenvalue weighted by Crippen LogP contribution is 2.34. The molecule has 0 atom stereocenters. The first-order valence-corrected chi connectivity index (χ1v) is 11.9. The van der Waals surface area contributed by atoms with Gasteiger partial charge < -0.3 is 11.1 Å². The molecule has 164 valence electrons. The Labute approximate surface area is 196 Å². The van der Waals surface area contributed by atoms with Gasteiger partial charge in [0, 0.05) is 35.4 Å². The van der Waals surface area contributed by atoms with Crippen molar-refractivity contribution in [2.75, 3.05) is 5.32 Å². The molecule has 3 aromatic heterocycles. The zero-order valence-electron chi connectivity index (χ0n) is 18.0. The number of nitrogens with zero attached hydrogens (tertiary/aromatic N) is 3. The van der Waals surface area contributed by atoms with Gasteiger partial charge in [-0.05, 0) is 67.0 Å². The van der Waals surface area contributed by atoms with Crippen LogP contribution in [0.2, 0.25) is 0 Å². The molecule has 0 bridgehead atoms. The lowest BCUT2D eigenvalue weighted by Crippen LogP contribution is -2.33. The zero-order valence-corrected chi connectivity index (χ0v) is 18.8. The van der Waals surface area contributed by atoms with Crippen molar-refractivity contribution in [3.8, 4) is 17.2 Å². The van der Waals surface area contributed by atoms with Crippen LogP contribution in [0, 0.1) is 11.3 Å². The molecule has 0 unspecified atom stereocenters. The number of fused-ring (bicyclic) bond motifs is 1. The maximum absolute atomic E-state index is 13.4. The second kappa shape index (κ2) is 9.10. The molecule has 7 heteroatoms. The summed E-state index contributed by atoms with van der Waals surface area (Å²) in [5, 5.41) is 15.5. The molecule has 0 amide bonds. The monoisotopic (exact) mass is 453 g/mol. The first-order chi connectivity index (χ1) is 16.1. The molecule has 3 N–H and O–H groups in total. The van der Waals surface area contributed by atoms with E-state index in [0.29, 0.717) is 16.1 Å². The van der Waals surface area contributed by atoms with Gasteiger partial charge in [0.15, 0.2) is 0 Å². The number of carbonyl (C=O) groups excluding carboxylic acids is 1. The fourth-order valence-electron chi connectivity index (χ4n) is 4.34. The molecule has 1 aliphatic carbocycles. The number of nitrogens with one attached hydrogen (secondary N) is 1. The molecule has 4 aromatic rings. The lowest BCUT2D eigenvalue weighted by molar-refractivity contribution is 0.104. The van der Waals surface area contributed by atoms with E-state index < -0.39 is 0 Å². The third kappa shape index (κ3) is 4.36. The Kier molecular flexibility index (Phi) is 5.86. The Morgan fingerprint density at radius 2 is 1.88 bits per heavy atom. The zero-order chi connectivity index (χ0) is 22.8. The molecule has 1 fully saturated rings. The fraction of sp³-hybridized carbons (Fsp3) is 0.231. The maximum Gasteiger partial charge on any atom is 0.206 e. The molecular formula is C26H23N5OS. The highest BCUT2D eigenvalue weighted by molar-refractivity contribution is 7.12. The van der Waals surface area contributed by atoms with Crippen LogP contribution in [0.1, 0.15) is 46.6 Å². The SMILES string of the molecule is N#Cc1ccc(-c2ccc3ncc(C(=O)c4cccs4)c(NC4CCC(N)CC4)c3c2)cn1. The second-order valence-electron chi connectivity index (χ2n) is 8.39. The smallest absolute Gasteiger partial charge is 0.206 e. The van der Waals surface area contributed by atoms with Crippen molar-refractivity contribution in [3.05, 3.63) is 76.4 Å². The molecule has 1 aromatic carbocycles. The van der Waals surface area contributed by atoms with E-state index in [1.54, 1.807) is 18.5 Å². The number of rotatable bonds is 5. The van der Waals surface area contributed by atoms with E-state index in [-0.39, 0.29) is 17.9 Å². The Hall–Kier alpha value is -3.60. The molecule has 3 heterocycles. The van der Waals surface area contributed by atoms with Crippen LogP contribution in [0.15, 0.2) is 60.2 Å². The third-order valence-corrected chi connectivity index (χ3v) is 7.06. The van der Waals surface area contributed by atoms with Crippen LogP contribution >= 0.6 is 11.3 Å². The Morgan fingerprint density at radius 3 is 2.58 bits per heavy atom. The van der Waals surface area contributed by atoms with Crippen molar-refractivity contribution in [1.29, 1.82) is 5.26 Å². The van der Waals surface area contributed by atoms with Crippen molar-refractivity contribution in [3.63, 3.8) is 0 Å². The van der Waals surface area contributed by atoms with Crippen LogP contribution in [0.25, 0.3) is 22.0 Å². The van der Waals surface area contributed by atoms with E-state index in [4.69, 9.17) is 11.0 Å². The highest BCUT2D eigenvalue weighted by Gasteiger charge is 2.23. The minimum Gasteiger partial charge on any atom is -0.381 e. The van der Waals surface area contributed by atoms with Gasteiger partial charge in [0.1, 0.15) is 11.8 Å². The number of thiophene rings is 1. The normalized spacial score (nSPS) is 18.1. The standard InChI is InChI=1S/C26H23N5OS/c27-13-20-7-3-17(14-29-20)16-4-10-23-21(12-16)25(31-19-8-5-18(28)6-9-19)22(15-30-23)26(32)24-2-1-11-33-24/h1-4,7,10-12,14-15,18-19H,5-6,8-9,28H2,(H,30,31). The van der Waals surface area contributed by atoms with Crippen molar-refractivity contribution in [2.24, 2.45) is 5.73 Å². The number of pyridine rings is 2. The van der Waals surface area contributed by atoms with E-state index in [0.717, 1.165) is 53.4 Å². The van der Waals surface area contributed by atoms with Gasteiger partial charge in [-0.15, -0.1) is 11.3 Å². The van der Waals surface area contributed by atoms with Crippen molar-refractivity contribution >= 4 is 33.7 Å². The number of ketones is 1. The summed E-state index contributed by atoms with van der Waals surface area (Å²) < 4.78 is 0. The number of aromatic nitrogens is 2. The number of anilines is 1. The van der Waals surface area contributed by atoms with Crippen LogP contribution in [0.4, 0.5) is 5.69 Å². The van der Waals surface area contributed by atoms with Crippen LogP contribution in [0.5, 0.6) is 0 Å². The number of hydrogen-bond donors (Lipinski definition) is 2. The molecule has 0 spiro atoms. The topological polar surface area (TPSA) is 105 Å². The molecule has 0 aliphatic heterocycles. The second-order valence-corrected chi connectivity index (χ2v) is 9.33. The van der Waals surface area contributed by atoms with Gasteiger partial charge in [0.05, 0.1) is 21.6 Å². The molecular weight excluding hydrogens is 430 g/mol. The van der Waals surface area contributed by atoms with Crippen molar-refractivity contribution in [2.45, 2.75) is 37.8 Å². The van der Waals surface area contributed by atoms with Gasteiger partial charge >= 0.3 is 0 Å². The van der Waals surface area contributed by atoms with Gasteiger partial charge in [0.25, 0.3) is 0 Å². The Balaban J connectivity index is 1.62. The number of nitrogens with two attached hydrogens (primary N) is 1. The number of carbonyl (C=O) groups is 1. The maximum atomic E-state index is 13.4. The predicted molar refractivity (Wildman–Crippen MR) is 131 cm³/mol. The quantitative estimate of drug-likeness (QED) is 0.405. The summed E-state index contributed by atoms with van der Waals surface area (Å²) in [6.07, 6.45) is 7.26. The predicted octanol–water partition coefficient (Wildman–Crippen LogP) is 5.14. The summed E-state index contributed by atoms with van der Waals surface area (Å²) in [5.74, 6) is -0.0279. The average molecular weight is 454 g/mol. The summed E-state index contributed by atoms with van der Waals surface area (Å²) in [5.41, 5.74) is 10.6. The first-order valence-electron chi connectivity index (χ1n) is 11.0. The van der Waals surface area contributed by atoms with Crippen LogP contribution < -0.4 is 11.1 Å². The lowest BCUT2D eigenvalue weighted by atomic mass is 9.91. The Morgan fingerprint density at radius 1 is 1.06 bits per heavy atom. The first kappa shape index (κ1) is 21.3. The van der Waals surface area contributed by atoms with Crippen LogP contribution in [-0.4, -0.2) is 27.8 Å². The number of benzene rings is 1. The number of nitriles is 1. The Bertz CT molecular complexity index is 1330. The van der Waals surface area contributed by atoms with E-state index in [2.05, 4.69) is 15.3 Å². The summed E-state index contributed by atoms with van der Waals surface area (Å²) in [6, 6.07) is 15.9. The molecule has 1 saturated carbocycles. The van der Waals surface area contributed by atoms with Crippen LogP contribution in [0.3, 0.4) is 0 Å². The van der Waals surface area contributed by atoms with Gasteiger partial charge in [-0.3, -0.25) is 9.78 Å². The summed E-state index contributed by atoms with van der Waals surface area (Å²) in [4.78, 5) is 22.9. The number of hydrogen-bond acceptors (Lipinski definition) is 7. The van der Waals surface area contributed by atoms with Gasteiger partial charge in [-0.25, -0.2) is 4.98 Å². The van der Waals surface area contributed by atoms with E-state index in [9.17, 15) is 4.79 Å². The van der Waals surface area contributed by atoms with Gasteiger partial charge in [0.2, 0.25) is 5.78 Å². The minimum atomic E-state index is -0.0279. The summed E-state index contributed by atoms with van der Waals surface area (Å²) in [6.45, 7) is 0. The minimum absolute atomic E-state index is 0.0279. The fourth-order valence-corrected chi connectivity index (χ4v) is 5.02. The molecule has 0 saturated heterocycles. The van der Waals surface area contributed by atoms with Crippen molar-refractivity contribution < 1.29 is 4.79 Å². The summed E-state index contributed by atoms with van der Waals surface area (Å²) >= 11 is 1.43. The van der Waals surface area contributed by atoms with E-state index in [1.807, 2.05) is 47.8 Å². The van der Waals surface area contributed by atoms with E-state index >= 15 is 0 Å². The van der Waals surface area contributed by atoms with Gasteiger partial charge in [-0.1, -0.05) is 12.1 Å². The van der Waals surface area contributed by atoms with Gasteiger partial charge in [-0.2, -0.15) is 5.26 Å². The largest absolute Gasteiger partial charge is 0.381 e. The highest BCUT2D eigenvalue weighted by atomic mass is 32.1. The summed E-state index contributed by atoms with van der Waals surface area (Å²) in [7, 11) is 0. The van der Waals surface area contributed by atoms with Crippen LogP contribution in [-0.2, 0) is 0 Å². The molecule has 0 radical (unpaired) electrons. The molecule has 5 rings (SSSR count). The lowest BCUT2D eigenvalue weighted by Gasteiger charge is -2.29. The molecule has 1 aliphatic rings. The molecule has 33 heavy (non-hydrogen) atoms. The molecule has 6 nitrogen and oxygen atoms in total. The average Bonchev–Trinajstić information content (AvgIpc) is 3.40.